The molecule has 0 fully saturated rings. The van der Waals surface area contributed by atoms with Gasteiger partial charge in [0.25, 0.3) is 0 Å². The first kappa shape index (κ1) is 31.6. The number of fused-ring (bicyclic) bond motifs is 9. The fourth-order valence-corrected chi connectivity index (χ4v) is 9.07. The largest absolute Gasteiger partial charge is 0.455 e. The third-order valence-corrected chi connectivity index (χ3v) is 11.9. The number of para-hydroxylation sites is 1. The summed E-state index contributed by atoms with van der Waals surface area (Å²) < 4.78 is 6.43. The summed E-state index contributed by atoms with van der Waals surface area (Å²) in [6.07, 6.45) is 0. The van der Waals surface area contributed by atoms with E-state index in [0.717, 1.165) is 44.4 Å². The van der Waals surface area contributed by atoms with Crippen LogP contribution in [0.5, 0.6) is 0 Å². The molecule has 0 atom stereocenters. The van der Waals surface area contributed by atoms with Crippen molar-refractivity contribution in [1.82, 2.24) is 0 Å². The number of hydrogen-bond donors (Lipinski definition) is 0. The molecular weight excluding hydrogens is 667 g/mol. The van der Waals surface area contributed by atoms with Crippen LogP contribution in [0.15, 0.2) is 192 Å². The molecule has 2 nitrogen and oxygen atoms in total. The number of hydrogen-bond acceptors (Lipinski definition) is 2. The molecule has 10 aromatic rings. The normalized spacial score (nSPS) is 13.1. The lowest BCUT2D eigenvalue weighted by molar-refractivity contribution is 0.660. The maximum absolute atomic E-state index is 6.43. The van der Waals surface area contributed by atoms with Crippen LogP contribution in [0.3, 0.4) is 0 Å². The first-order valence-electron chi connectivity index (χ1n) is 19.1. The summed E-state index contributed by atoms with van der Waals surface area (Å²) >= 11 is 0. The lowest BCUT2D eigenvalue weighted by atomic mass is 9.82. The van der Waals surface area contributed by atoms with Crippen molar-refractivity contribution in [2.24, 2.45) is 0 Å². The van der Waals surface area contributed by atoms with Crippen LogP contribution in [0.1, 0.15) is 25.0 Å². The Kier molecular flexibility index (Phi) is 6.93. The fourth-order valence-electron chi connectivity index (χ4n) is 9.07. The standard InChI is InChI=1S/C53H37NO/c1-53(2)49-19-7-5-15-44(49)48-33-41(27-30-50(48)53)54(40-14-9-13-37(32-40)38-22-21-34-11-3-4-12-36(34)31-38)39-25-23-35(24-26-39)42-17-10-18-46-43(42)28-29-47-45-16-6-8-20-51(45)55-52(46)47/h3-33H,1-2H3. The number of furan rings is 1. The van der Waals surface area contributed by atoms with Crippen molar-refractivity contribution >= 4 is 60.5 Å². The van der Waals surface area contributed by atoms with Crippen molar-refractivity contribution in [3.05, 3.63) is 199 Å². The van der Waals surface area contributed by atoms with Gasteiger partial charge in [-0.05, 0) is 115 Å². The van der Waals surface area contributed by atoms with Crippen molar-refractivity contribution in [3.8, 4) is 33.4 Å². The molecule has 0 amide bonds. The minimum absolute atomic E-state index is 0.0562. The average Bonchev–Trinajstić information content (AvgIpc) is 3.73. The minimum atomic E-state index is -0.0562. The Hall–Kier alpha value is -6.90. The number of rotatable bonds is 5. The Morgan fingerprint density at radius 2 is 1.02 bits per heavy atom. The minimum Gasteiger partial charge on any atom is -0.455 e. The Balaban J connectivity index is 1.05. The van der Waals surface area contributed by atoms with E-state index in [1.54, 1.807) is 0 Å². The molecule has 1 aliphatic carbocycles. The molecule has 1 aromatic heterocycles. The van der Waals surface area contributed by atoms with Crippen LogP contribution in [-0.2, 0) is 5.41 Å². The van der Waals surface area contributed by atoms with Gasteiger partial charge in [-0.3, -0.25) is 0 Å². The highest BCUT2D eigenvalue weighted by molar-refractivity contribution is 6.17. The van der Waals surface area contributed by atoms with E-state index in [1.807, 2.05) is 12.1 Å². The van der Waals surface area contributed by atoms with E-state index in [2.05, 4.69) is 195 Å². The molecule has 0 radical (unpaired) electrons. The van der Waals surface area contributed by atoms with E-state index in [1.165, 1.54) is 60.7 Å². The quantitative estimate of drug-likeness (QED) is 0.177. The number of nitrogens with zero attached hydrogens (tertiary/aromatic N) is 1. The van der Waals surface area contributed by atoms with Crippen LogP contribution in [-0.4, -0.2) is 0 Å². The summed E-state index contributed by atoms with van der Waals surface area (Å²) in [5.74, 6) is 0. The van der Waals surface area contributed by atoms with Crippen molar-refractivity contribution in [2.75, 3.05) is 4.90 Å². The predicted octanol–water partition coefficient (Wildman–Crippen LogP) is 15.0. The maximum Gasteiger partial charge on any atom is 0.143 e. The highest BCUT2D eigenvalue weighted by atomic mass is 16.3. The number of anilines is 3. The van der Waals surface area contributed by atoms with E-state index in [-0.39, 0.29) is 5.41 Å². The van der Waals surface area contributed by atoms with E-state index < -0.39 is 0 Å². The second-order valence-corrected chi connectivity index (χ2v) is 15.3. The van der Waals surface area contributed by atoms with Gasteiger partial charge < -0.3 is 9.32 Å². The summed E-state index contributed by atoms with van der Waals surface area (Å²) in [6.45, 7) is 4.68. The SMILES string of the molecule is CC1(C)c2ccccc2-c2cc(N(c3ccc(-c4cccc5c4ccc4c6ccccc6oc54)cc3)c3cccc(-c4ccc5ccccc5c4)c3)ccc21. The van der Waals surface area contributed by atoms with Gasteiger partial charge in [-0.1, -0.05) is 147 Å². The van der Waals surface area contributed by atoms with Gasteiger partial charge >= 0.3 is 0 Å². The van der Waals surface area contributed by atoms with Crippen LogP contribution >= 0.6 is 0 Å². The summed E-state index contributed by atoms with van der Waals surface area (Å²) in [7, 11) is 0. The molecule has 260 valence electrons. The van der Waals surface area contributed by atoms with Crippen LogP contribution in [0.4, 0.5) is 17.1 Å². The highest BCUT2D eigenvalue weighted by Gasteiger charge is 2.35. The van der Waals surface area contributed by atoms with Gasteiger partial charge in [0, 0.05) is 38.6 Å². The Morgan fingerprint density at radius 1 is 0.382 bits per heavy atom. The summed E-state index contributed by atoms with van der Waals surface area (Å²) in [5, 5.41) is 7.10. The molecule has 1 aliphatic rings. The Labute approximate surface area is 320 Å². The molecule has 1 heterocycles. The van der Waals surface area contributed by atoms with Crippen LogP contribution in [0.25, 0.3) is 76.9 Å². The van der Waals surface area contributed by atoms with Gasteiger partial charge in [0.15, 0.2) is 0 Å². The van der Waals surface area contributed by atoms with Gasteiger partial charge in [-0.25, -0.2) is 0 Å². The molecule has 2 heteroatoms. The molecule has 0 aliphatic heterocycles. The molecule has 0 N–H and O–H groups in total. The third kappa shape index (κ3) is 4.95. The summed E-state index contributed by atoms with van der Waals surface area (Å²) in [5.41, 5.74) is 15.3. The van der Waals surface area contributed by atoms with Crippen LogP contribution in [0, 0.1) is 0 Å². The first-order chi connectivity index (χ1) is 27.0. The fraction of sp³-hybridized carbons (Fsp3) is 0.0566. The molecular formula is C53H37NO. The van der Waals surface area contributed by atoms with E-state index in [0.29, 0.717) is 0 Å². The zero-order chi connectivity index (χ0) is 36.7. The molecule has 0 saturated heterocycles. The molecule has 0 unspecified atom stereocenters. The zero-order valence-electron chi connectivity index (χ0n) is 30.8. The van der Waals surface area contributed by atoms with Crippen molar-refractivity contribution in [1.29, 1.82) is 0 Å². The lowest BCUT2D eigenvalue weighted by Gasteiger charge is -2.28. The molecule has 11 rings (SSSR count). The topological polar surface area (TPSA) is 16.4 Å². The van der Waals surface area contributed by atoms with Gasteiger partial charge in [-0.15, -0.1) is 0 Å². The summed E-state index contributed by atoms with van der Waals surface area (Å²) in [6, 6.07) is 68.5. The second-order valence-electron chi connectivity index (χ2n) is 15.3. The van der Waals surface area contributed by atoms with Crippen molar-refractivity contribution in [3.63, 3.8) is 0 Å². The van der Waals surface area contributed by atoms with Crippen molar-refractivity contribution < 1.29 is 4.42 Å². The maximum atomic E-state index is 6.43. The smallest absolute Gasteiger partial charge is 0.143 e. The monoisotopic (exact) mass is 703 g/mol. The molecule has 9 aromatic carbocycles. The predicted molar refractivity (Wildman–Crippen MR) is 232 cm³/mol. The lowest BCUT2D eigenvalue weighted by Crippen LogP contribution is -2.15. The average molecular weight is 704 g/mol. The van der Waals surface area contributed by atoms with Gasteiger partial charge in [0.2, 0.25) is 0 Å². The highest BCUT2D eigenvalue weighted by Crippen LogP contribution is 2.51. The molecule has 0 bridgehead atoms. The second kappa shape index (κ2) is 12.1. The third-order valence-electron chi connectivity index (χ3n) is 11.9. The Bertz CT molecular complexity index is 3130. The van der Waals surface area contributed by atoms with E-state index in [4.69, 9.17) is 4.42 Å². The van der Waals surface area contributed by atoms with Gasteiger partial charge in [-0.2, -0.15) is 0 Å². The van der Waals surface area contributed by atoms with Crippen molar-refractivity contribution in [2.45, 2.75) is 19.3 Å². The zero-order valence-corrected chi connectivity index (χ0v) is 30.8. The van der Waals surface area contributed by atoms with Gasteiger partial charge in [0.05, 0.1) is 0 Å². The number of benzene rings is 9. The van der Waals surface area contributed by atoms with E-state index >= 15 is 0 Å². The molecule has 55 heavy (non-hydrogen) atoms. The van der Waals surface area contributed by atoms with Crippen LogP contribution in [0.2, 0.25) is 0 Å². The molecule has 0 saturated carbocycles. The summed E-state index contributed by atoms with van der Waals surface area (Å²) in [4.78, 5) is 2.41. The molecule has 0 spiro atoms. The van der Waals surface area contributed by atoms with Crippen LogP contribution < -0.4 is 4.90 Å². The Morgan fingerprint density at radius 3 is 1.93 bits per heavy atom. The first-order valence-corrected chi connectivity index (χ1v) is 19.1. The van der Waals surface area contributed by atoms with Gasteiger partial charge in [0.1, 0.15) is 11.2 Å². The van der Waals surface area contributed by atoms with E-state index in [9.17, 15) is 0 Å².